The Balaban J connectivity index is 1.78. The zero-order valence-electron chi connectivity index (χ0n) is 13.7. The van der Waals surface area contributed by atoms with E-state index in [1.165, 1.54) is 7.11 Å². The van der Waals surface area contributed by atoms with Crippen LogP contribution in [0.5, 0.6) is 0 Å². The third kappa shape index (κ3) is 3.54. The molecule has 1 saturated heterocycles. The first kappa shape index (κ1) is 16.0. The van der Waals surface area contributed by atoms with Gasteiger partial charge < -0.3 is 13.9 Å². The van der Waals surface area contributed by atoms with Crippen LogP contribution in [0.4, 0.5) is 0 Å². The molecule has 0 aliphatic carbocycles. The van der Waals surface area contributed by atoms with Crippen LogP contribution in [-0.2, 0) is 16.0 Å². The molecule has 0 amide bonds. The molecule has 1 aliphatic rings. The van der Waals surface area contributed by atoms with Gasteiger partial charge in [-0.2, -0.15) is 0 Å². The van der Waals surface area contributed by atoms with Crippen molar-refractivity contribution in [1.82, 2.24) is 14.3 Å². The van der Waals surface area contributed by atoms with E-state index in [-0.39, 0.29) is 5.97 Å². The summed E-state index contributed by atoms with van der Waals surface area (Å²) < 4.78 is 12.2. The number of ether oxygens (including phenoxy) is 2. The molecule has 23 heavy (non-hydrogen) atoms. The number of esters is 1. The molecule has 6 nitrogen and oxygen atoms in total. The second-order valence-electron chi connectivity index (χ2n) is 5.93. The Morgan fingerprint density at radius 2 is 2.43 bits per heavy atom. The molecule has 0 N–H and O–H groups in total. The summed E-state index contributed by atoms with van der Waals surface area (Å²) in [5.74, 6) is 0.251. The smallest absolute Gasteiger partial charge is 0.341 e. The van der Waals surface area contributed by atoms with Crippen LogP contribution in [-0.4, -0.2) is 53.7 Å². The van der Waals surface area contributed by atoms with Crippen molar-refractivity contribution in [3.8, 4) is 0 Å². The van der Waals surface area contributed by atoms with Crippen LogP contribution >= 0.6 is 0 Å². The van der Waals surface area contributed by atoms with Gasteiger partial charge in [0.15, 0.2) is 5.65 Å². The minimum atomic E-state index is -0.358. The summed E-state index contributed by atoms with van der Waals surface area (Å²) in [6, 6.07) is 3.57. The second-order valence-corrected chi connectivity index (χ2v) is 5.93. The maximum Gasteiger partial charge on any atom is 0.341 e. The van der Waals surface area contributed by atoms with E-state index >= 15 is 0 Å². The molecule has 3 rings (SSSR count). The van der Waals surface area contributed by atoms with E-state index < -0.39 is 0 Å². The van der Waals surface area contributed by atoms with Crippen LogP contribution < -0.4 is 0 Å². The molecule has 2 aromatic rings. The number of pyridine rings is 1. The summed E-state index contributed by atoms with van der Waals surface area (Å²) in [5, 5.41) is 0. The molecule has 0 radical (unpaired) electrons. The average molecular weight is 317 g/mol. The third-order valence-corrected chi connectivity index (χ3v) is 4.31. The third-order valence-electron chi connectivity index (χ3n) is 4.31. The summed E-state index contributed by atoms with van der Waals surface area (Å²) in [6.45, 7) is 6.65. The summed E-state index contributed by atoms with van der Waals surface area (Å²) >= 11 is 0. The number of nitrogens with zero attached hydrogens (tertiary/aromatic N) is 3. The molecule has 1 atom stereocenters. The van der Waals surface area contributed by atoms with Crippen molar-refractivity contribution in [2.24, 2.45) is 5.92 Å². The highest BCUT2D eigenvalue weighted by molar-refractivity contribution is 5.95. The van der Waals surface area contributed by atoms with Gasteiger partial charge in [-0.15, -0.1) is 0 Å². The zero-order valence-corrected chi connectivity index (χ0v) is 13.7. The van der Waals surface area contributed by atoms with Crippen LogP contribution in [0.3, 0.4) is 0 Å². The van der Waals surface area contributed by atoms with Crippen molar-refractivity contribution in [2.45, 2.75) is 19.9 Å². The fraction of sp³-hybridized carbons (Fsp3) is 0.529. The van der Waals surface area contributed by atoms with Crippen LogP contribution in [0.2, 0.25) is 0 Å². The summed E-state index contributed by atoms with van der Waals surface area (Å²) in [7, 11) is 1.39. The number of hydrogen-bond acceptors (Lipinski definition) is 5. The summed E-state index contributed by atoms with van der Waals surface area (Å²) in [6.07, 6.45) is 5.02. The van der Waals surface area contributed by atoms with E-state index in [1.807, 2.05) is 22.9 Å². The van der Waals surface area contributed by atoms with Gasteiger partial charge in [0, 0.05) is 32.1 Å². The molecule has 0 saturated carbocycles. The Kier molecular flexibility index (Phi) is 4.93. The van der Waals surface area contributed by atoms with Gasteiger partial charge in [-0.05, 0) is 31.0 Å². The Bertz CT molecular complexity index is 677. The Hall–Kier alpha value is -1.92. The first-order valence-corrected chi connectivity index (χ1v) is 8.06. The number of carbonyl (C=O) groups is 1. The van der Waals surface area contributed by atoms with Crippen molar-refractivity contribution in [3.63, 3.8) is 0 Å². The first-order chi connectivity index (χ1) is 11.2. The van der Waals surface area contributed by atoms with Crippen molar-refractivity contribution in [2.75, 3.05) is 33.4 Å². The topological polar surface area (TPSA) is 56.1 Å². The molecule has 1 fully saturated rings. The van der Waals surface area contributed by atoms with E-state index in [0.29, 0.717) is 17.1 Å². The molecule has 0 bridgehead atoms. The van der Waals surface area contributed by atoms with Gasteiger partial charge in [0.2, 0.25) is 0 Å². The van der Waals surface area contributed by atoms with Crippen molar-refractivity contribution in [3.05, 3.63) is 35.8 Å². The van der Waals surface area contributed by atoms with Crippen molar-refractivity contribution in [1.29, 1.82) is 0 Å². The van der Waals surface area contributed by atoms with E-state index in [0.717, 1.165) is 45.0 Å². The maximum absolute atomic E-state index is 11.8. The minimum Gasteiger partial charge on any atom is -0.465 e. The van der Waals surface area contributed by atoms with Gasteiger partial charge in [0.25, 0.3) is 0 Å². The molecule has 0 spiro atoms. The van der Waals surface area contributed by atoms with E-state index in [9.17, 15) is 4.79 Å². The zero-order chi connectivity index (χ0) is 16.2. The van der Waals surface area contributed by atoms with Gasteiger partial charge in [-0.1, -0.05) is 6.92 Å². The van der Waals surface area contributed by atoms with E-state index in [2.05, 4.69) is 16.8 Å². The molecule has 6 heteroatoms. The lowest BCUT2D eigenvalue weighted by Crippen LogP contribution is -2.29. The molecular weight excluding hydrogens is 294 g/mol. The highest BCUT2D eigenvalue weighted by atomic mass is 16.5. The molecule has 2 aromatic heterocycles. The summed E-state index contributed by atoms with van der Waals surface area (Å²) in [5.41, 5.74) is 2.10. The van der Waals surface area contributed by atoms with Crippen LogP contribution in [0.15, 0.2) is 24.5 Å². The molecule has 124 valence electrons. The number of methoxy groups -OCH3 is 1. The van der Waals surface area contributed by atoms with Gasteiger partial charge in [-0.3, -0.25) is 4.90 Å². The first-order valence-electron chi connectivity index (χ1n) is 8.06. The van der Waals surface area contributed by atoms with Gasteiger partial charge >= 0.3 is 5.97 Å². The highest BCUT2D eigenvalue weighted by Crippen LogP contribution is 2.17. The Labute approximate surface area is 136 Å². The maximum atomic E-state index is 11.8. The van der Waals surface area contributed by atoms with Crippen molar-refractivity contribution >= 4 is 11.6 Å². The number of aromatic nitrogens is 2. The predicted octanol–water partition coefficient (Wildman–Crippen LogP) is 1.98. The normalized spacial score (nSPS) is 18.0. The number of carbonyl (C=O) groups excluding carboxylic acids is 1. The number of hydrogen-bond donors (Lipinski definition) is 0. The number of rotatable bonds is 6. The van der Waals surface area contributed by atoms with Crippen LogP contribution in [0, 0.1) is 5.92 Å². The van der Waals surface area contributed by atoms with Crippen LogP contribution in [0.1, 0.15) is 29.4 Å². The van der Waals surface area contributed by atoms with E-state index in [1.54, 1.807) is 6.07 Å². The van der Waals surface area contributed by atoms with Gasteiger partial charge in [-0.25, -0.2) is 9.78 Å². The Morgan fingerprint density at radius 3 is 3.13 bits per heavy atom. The fourth-order valence-corrected chi connectivity index (χ4v) is 3.04. The fourth-order valence-electron chi connectivity index (χ4n) is 3.04. The monoisotopic (exact) mass is 317 g/mol. The standard InChI is InChI=1S/C17H23N3O3/c1-3-19(9-13-6-8-23-12-13)10-14-11-20-7-4-5-15(16(20)18-14)17(21)22-2/h4-5,7,11,13H,3,6,8-10,12H2,1-2H3/t13-/m1/s1. The second kappa shape index (κ2) is 7.10. The van der Waals surface area contributed by atoms with E-state index in [4.69, 9.17) is 9.47 Å². The predicted molar refractivity (Wildman–Crippen MR) is 86.4 cm³/mol. The minimum absolute atomic E-state index is 0.358. The lowest BCUT2D eigenvalue weighted by Gasteiger charge is -2.22. The lowest BCUT2D eigenvalue weighted by atomic mass is 10.1. The van der Waals surface area contributed by atoms with Crippen LogP contribution in [0.25, 0.3) is 5.65 Å². The molecular formula is C17H23N3O3. The summed E-state index contributed by atoms with van der Waals surface area (Å²) in [4.78, 5) is 18.9. The lowest BCUT2D eigenvalue weighted by molar-refractivity contribution is 0.0602. The number of fused-ring (bicyclic) bond motifs is 1. The molecule has 3 heterocycles. The number of imidazole rings is 1. The highest BCUT2D eigenvalue weighted by Gasteiger charge is 2.20. The largest absolute Gasteiger partial charge is 0.465 e. The molecule has 0 unspecified atom stereocenters. The van der Waals surface area contributed by atoms with Gasteiger partial charge in [0.1, 0.15) is 5.56 Å². The Morgan fingerprint density at radius 1 is 1.57 bits per heavy atom. The SMILES string of the molecule is CCN(Cc1cn2cccc(C(=O)OC)c2n1)C[C@H]1CCOC1. The molecule has 0 aromatic carbocycles. The molecule has 1 aliphatic heterocycles. The average Bonchev–Trinajstić information content (AvgIpc) is 3.21. The van der Waals surface area contributed by atoms with Crippen molar-refractivity contribution < 1.29 is 14.3 Å². The van der Waals surface area contributed by atoms with Gasteiger partial charge in [0.05, 0.1) is 19.4 Å². The quantitative estimate of drug-likeness (QED) is 0.763.